The fourth-order valence-corrected chi connectivity index (χ4v) is 4.00. The van der Waals surface area contributed by atoms with E-state index in [0.717, 1.165) is 5.56 Å². The summed E-state index contributed by atoms with van der Waals surface area (Å²) < 4.78 is 36.8. The van der Waals surface area contributed by atoms with Crippen molar-refractivity contribution in [1.29, 1.82) is 0 Å². The van der Waals surface area contributed by atoms with Crippen molar-refractivity contribution in [3.63, 3.8) is 0 Å². The van der Waals surface area contributed by atoms with Gasteiger partial charge < -0.3 is 20.7 Å². The van der Waals surface area contributed by atoms with Crippen LogP contribution < -0.4 is 5.73 Å². The number of hydrogen-bond acceptors (Lipinski definition) is 10. The molecule has 0 bridgehead atoms. The maximum absolute atomic E-state index is 12.3. The summed E-state index contributed by atoms with van der Waals surface area (Å²) >= 11 is 0. The van der Waals surface area contributed by atoms with Crippen LogP contribution in [0.3, 0.4) is 0 Å². The topological polar surface area (TPSA) is 163 Å². The molecule has 12 heteroatoms. The van der Waals surface area contributed by atoms with E-state index in [9.17, 15) is 18.6 Å². The van der Waals surface area contributed by atoms with E-state index in [4.69, 9.17) is 14.7 Å². The number of nitrogen functional groups attached to an aromatic ring is 1. The molecule has 4 rings (SSSR count). The lowest BCUT2D eigenvalue weighted by Gasteiger charge is -2.16. The molecule has 3 heterocycles. The molecule has 4 N–H and O–H groups in total. The van der Waals surface area contributed by atoms with Gasteiger partial charge in [0.2, 0.25) is 0 Å². The predicted molar refractivity (Wildman–Crippen MR) is 100.0 cm³/mol. The van der Waals surface area contributed by atoms with Gasteiger partial charge in [0.25, 0.3) is 10.1 Å². The van der Waals surface area contributed by atoms with Crippen LogP contribution in [-0.4, -0.2) is 63.1 Å². The molecule has 0 aliphatic carbocycles. The maximum atomic E-state index is 12.3. The lowest BCUT2D eigenvalue weighted by atomic mass is 10.1. The molecule has 1 aliphatic heterocycles. The molecule has 1 fully saturated rings. The standard InChI is InChI=1S/C17H19N5O6S/c1-9-2-4-10(5-3-9)29(25,26)27-6-11-13(23)14(24)17(28-11)22-8-21-12-15(18)19-7-20-16(12)22/h2-5,7-8,11,13-14,17,23-24H,6H2,1H3,(H2,18,19,20)/t11-,13+,14?,17-/m1/s1. The molecule has 11 nitrogen and oxygen atoms in total. The number of aryl methyl sites for hydroxylation is 1. The SMILES string of the molecule is Cc1ccc(S(=O)(=O)OC[C@H]2O[C@@H](n3cnc4c(N)ncnc43)C(O)[C@H]2O)cc1. The minimum absolute atomic E-state index is 0.0135. The van der Waals surface area contributed by atoms with Crippen LogP contribution in [0.1, 0.15) is 11.8 Å². The fraction of sp³-hybridized carbons (Fsp3) is 0.353. The third-order valence-electron chi connectivity index (χ3n) is 4.70. The van der Waals surface area contributed by atoms with Gasteiger partial charge in [0, 0.05) is 0 Å². The van der Waals surface area contributed by atoms with Crippen molar-refractivity contribution >= 4 is 27.1 Å². The Hall–Kier alpha value is -2.64. The summed E-state index contributed by atoms with van der Waals surface area (Å²) in [5.74, 6) is 0.158. The second-order valence-electron chi connectivity index (χ2n) is 6.68. The molecule has 29 heavy (non-hydrogen) atoms. The van der Waals surface area contributed by atoms with Crippen LogP contribution in [0.4, 0.5) is 5.82 Å². The van der Waals surface area contributed by atoms with Crippen molar-refractivity contribution in [2.24, 2.45) is 0 Å². The second-order valence-corrected chi connectivity index (χ2v) is 8.30. The zero-order valence-corrected chi connectivity index (χ0v) is 16.1. The third kappa shape index (κ3) is 3.56. The molecule has 1 unspecified atom stereocenters. The van der Waals surface area contributed by atoms with E-state index in [0.29, 0.717) is 11.2 Å². The summed E-state index contributed by atoms with van der Waals surface area (Å²) in [4.78, 5) is 12.0. The molecule has 4 atom stereocenters. The number of fused-ring (bicyclic) bond motifs is 1. The molecule has 1 aliphatic rings. The van der Waals surface area contributed by atoms with E-state index in [1.54, 1.807) is 12.1 Å². The normalized spacial score (nSPS) is 24.9. The number of benzene rings is 1. The Balaban J connectivity index is 1.51. The second kappa shape index (κ2) is 7.31. The number of ether oxygens (including phenoxy) is 1. The molecular weight excluding hydrogens is 402 g/mol. The molecular formula is C17H19N5O6S. The molecule has 154 valence electrons. The first kappa shape index (κ1) is 19.7. The lowest BCUT2D eigenvalue weighted by molar-refractivity contribution is -0.0467. The number of rotatable bonds is 5. The highest BCUT2D eigenvalue weighted by Gasteiger charge is 2.45. The molecule has 3 aromatic rings. The smallest absolute Gasteiger partial charge is 0.297 e. The fourth-order valence-electron chi connectivity index (χ4n) is 3.08. The molecule has 0 spiro atoms. The molecule has 1 saturated heterocycles. The van der Waals surface area contributed by atoms with E-state index >= 15 is 0 Å². The highest BCUT2D eigenvalue weighted by atomic mass is 32.2. The van der Waals surface area contributed by atoms with Gasteiger partial charge in [-0.15, -0.1) is 0 Å². The summed E-state index contributed by atoms with van der Waals surface area (Å²) in [6, 6.07) is 6.15. The molecule has 0 amide bonds. The van der Waals surface area contributed by atoms with E-state index < -0.39 is 41.3 Å². The largest absolute Gasteiger partial charge is 0.387 e. The van der Waals surface area contributed by atoms with Gasteiger partial charge in [0.15, 0.2) is 17.7 Å². The van der Waals surface area contributed by atoms with Crippen LogP contribution in [0, 0.1) is 6.92 Å². The van der Waals surface area contributed by atoms with Crippen molar-refractivity contribution in [2.75, 3.05) is 12.3 Å². The quantitative estimate of drug-likeness (QED) is 0.468. The van der Waals surface area contributed by atoms with Crippen LogP contribution in [0.15, 0.2) is 41.8 Å². The highest BCUT2D eigenvalue weighted by Crippen LogP contribution is 2.32. The Bertz CT molecular complexity index is 1130. The van der Waals surface area contributed by atoms with Crippen molar-refractivity contribution in [2.45, 2.75) is 36.4 Å². The Kier molecular flexibility index (Phi) is 4.96. The van der Waals surface area contributed by atoms with Gasteiger partial charge in [-0.1, -0.05) is 17.7 Å². The third-order valence-corrected chi connectivity index (χ3v) is 5.99. The van der Waals surface area contributed by atoms with Gasteiger partial charge in [0.1, 0.15) is 30.2 Å². The van der Waals surface area contributed by atoms with Gasteiger partial charge in [-0.25, -0.2) is 15.0 Å². The van der Waals surface area contributed by atoms with Gasteiger partial charge >= 0.3 is 0 Å². The number of hydrogen-bond donors (Lipinski definition) is 3. The zero-order valence-electron chi connectivity index (χ0n) is 15.3. The van der Waals surface area contributed by atoms with E-state index in [1.165, 1.54) is 29.4 Å². The summed E-state index contributed by atoms with van der Waals surface area (Å²) in [5.41, 5.74) is 7.28. The minimum Gasteiger partial charge on any atom is -0.387 e. The van der Waals surface area contributed by atoms with Crippen molar-refractivity contribution in [3.05, 3.63) is 42.5 Å². The monoisotopic (exact) mass is 421 g/mol. The Morgan fingerprint density at radius 2 is 1.90 bits per heavy atom. The van der Waals surface area contributed by atoms with Crippen molar-refractivity contribution < 1.29 is 27.6 Å². The average molecular weight is 421 g/mol. The summed E-state index contributed by atoms with van der Waals surface area (Å²) in [6.45, 7) is 1.36. The van der Waals surface area contributed by atoms with Crippen molar-refractivity contribution in [1.82, 2.24) is 19.5 Å². The minimum atomic E-state index is -4.05. The van der Waals surface area contributed by atoms with Gasteiger partial charge in [0.05, 0.1) is 17.8 Å². The van der Waals surface area contributed by atoms with Gasteiger partial charge in [-0.3, -0.25) is 8.75 Å². The Morgan fingerprint density at radius 1 is 1.17 bits per heavy atom. The summed E-state index contributed by atoms with van der Waals surface area (Å²) in [5, 5.41) is 20.7. The summed E-state index contributed by atoms with van der Waals surface area (Å²) in [7, 11) is -4.05. The number of nitrogens with two attached hydrogens (primary N) is 1. The Morgan fingerprint density at radius 3 is 2.62 bits per heavy atom. The number of imidazole rings is 1. The first-order chi connectivity index (χ1) is 13.8. The van der Waals surface area contributed by atoms with E-state index in [-0.39, 0.29) is 10.7 Å². The van der Waals surface area contributed by atoms with Crippen LogP contribution in [0.25, 0.3) is 11.2 Å². The lowest BCUT2D eigenvalue weighted by Crippen LogP contribution is -2.34. The number of aliphatic hydroxyl groups excluding tert-OH is 2. The first-order valence-corrected chi connectivity index (χ1v) is 10.1. The average Bonchev–Trinajstić information content (AvgIpc) is 3.24. The summed E-state index contributed by atoms with van der Waals surface area (Å²) in [6.07, 6.45) is -2.30. The van der Waals surface area contributed by atoms with Crippen LogP contribution in [0.2, 0.25) is 0 Å². The number of aromatic nitrogens is 4. The predicted octanol–water partition coefficient (Wildman–Crippen LogP) is -0.258. The number of nitrogens with zero attached hydrogens (tertiary/aromatic N) is 4. The zero-order chi connectivity index (χ0) is 20.8. The Labute approximate surface area is 165 Å². The van der Waals surface area contributed by atoms with Gasteiger partial charge in [-0.05, 0) is 19.1 Å². The molecule has 0 saturated carbocycles. The van der Waals surface area contributed by atoms with Crippen LogP contribution in [0.5, 0.6) is 0 Å². The van der Waals surface area contributed by atoms with Crippen LogP contribution in [-0.2, 0) is 19.0 Å². The maximum Gasteiger partial charge on any atom is 0.297 e. The molecule has 1 aromatic carbocycles. The van der Waals surface area contributed by atoms with Gasteiger partial charge in [-0.2, -0.15) is 8.42 Å². The number of aliphatic hydroxyl groups is 2. The number of anilines is 1. The first-order valence-electron chi connectivity index (χ1n) is 8.68. The van der Waals surface area contributed by atoms with E-state index in [1.807, 2.05) is 6.92 Å². The van der Waals surface area contributed by atoms with E-state index in [2.05, 4.69) is 15.0 Å². The van der Waals surface area contributed by atoms with Crippen LogP contribution >= 0.6 is 0 Å². The van der Waals surface area contributed by atoms with Crippen molar-refractivity contribution in [3.8, 4) is 0 Å². The molecule has 0 radical (unpaired) electrons. The molecule has 2 aromatic heterocycles. The highest BCUT2D eigenvalue weighted by molar-refractivity contribution is 7.86.